The molecule has 0 aliphatic heterocycles. The summed E-state index contributed by atoms with van der Waals surface area (Å²) >= 11 is 0. The first-order valence-corrected chi connectivity index (χ1v) is 8.88. The predicted molar refractivity (Wildman–Crippen MR) is 97.6 cm³/mol. The van der Waals surface area contributed by atoms with E-state index in [0.717, 1.165) is 12.0 Å². The third kappa shape index (κ3) is 3.21. The zero-order valence-electron chi connectivity index (χ0n) is 14.6. The molecule has 0 saturated heterocycles. The second-order valence-corrected chi connectivity index (χ2v) is 7.57. The summed E-state index contributed by atoms with van der Waals surface area (Å²) in [5, 5.41) is 9.58. The maximum Gasteiger partial charge on any atom is 0.0681 e. The number of hydrogen-bond acceptors (Lipinski definition) is 1. The Hall–Kier alpha value is -1.60. The van der Waals surface area contributed by atoms with Gasteiger partial charge in [0.15, 0.2) is 0 Å². The van der Waals surface area contributed by atoms with Crippen LogP contribution in [0.25, 0.3) is 11.1 Å². The van der Waals surface area contributed by atoms with Gasteiger partial charge in [0.25, 0.3) is 0 Å². The number of rotatable bonds is 4. The molecule has 0 spiro atoms. The monoisotopic (exact) mass is 308 g/mol. The molecule has 1 atom stereocenters. The largest absolute Gasteiger partial charge is 0.392 e. The number of aliphatic hydroxyl groups excluding tert-OH is 1. The highest BCUT2D eigenvalue weighted by Gasteiger charge is 2.36. The molecule has 122 valence electrons. The molecule has 0 aromatic heterocycles. The molecule has 3 rings (SSSR count). The van der Waals surface area contributed by atoms with E-state index >= 15 is 0 Å². The Morgan fingerprint density at radius 3 is 2.57 bits per heavy atom. The molecule has 0 bridgehead atoms. The van der Waals surface area contributed by atoms with Crippen molar-refractivity contribution in [3.05, 3.63) is 59.2 Å². The maximum atomic E-state index is 9.58. The van der Waals surface area contributed by atoms with Crippen LogP contribution in [0, 0.1) is 5.41 Å². The van der Waals surface area contributed by atoms with Crippen molar-refractivity contribution in [1.29, 1.82) is 0 Å². The highest BCUT2D eigenvalue weighted by Crippen LogP contribution is 2.51. The summed E-state index contributed by atoms with van der Waals surface area (Å²) in [7, 11) is 0. The van der Waals surface area contributed by atoms with Gasteiger partial charge in [-0.25, -0.2) is 0 Å². The Labute approximate surface area is 140 Å². The van der Waals surface area contributed by atoms with Gasteiger partial charge < -0.3 is 5.11 Å². The van der Waals surface area contributed by atoms with E-state index in [1.807, 2.05) is 0 Å². The molecule has 2 aromatic carbocycles. The van der Waals surface area contributed by atoms with E-state index in [1.165, 1.54) is 41.5 Å². The molecule has 1 fully saturated rings. The first-order chi connectivity index (χ1) is 11.0. The highest BCUT2D eigenvalue weighted by atomic mass is 16.3. The summed E-state index contributed by atoms with van der Waals surface area (Å²) in [5.74, 6) is 0.578. The van der Waals surface area contributed by atoms with Gasteiger partial charge in [0, 0.05) is 0 Å². The van der Waals surface area contributed by atoms with Gasteiger partial charge in [0.05, 0.1) is 6.61 Å². The van der Waals surface area contributed by atoms with Gasteiger partial charge in [-0.2, -0.15) is 0 Å². The van der Waals surface area contributed by atoms with Crippen LogP contribution in [0.4, 0.5) is 0 Å². The van der Waals surface area contributed by atoms with Crippen molar-refractivity contribution in [2.24, 2.45) is 5.41 Å². The van der Waals surface area contributed by atoms with Crippen LogP contribution in [0.15, 0.2) is 42.5 Å². The van der Waals surface area contributed by atoms with Crippen LogP contribution >= 0.6 is 0 Å². The quantitative estimate of drug-likeness (QED) is 0.768. The standard InChI is InChI=1S/C22H28O/c1-4-16-7-5-8-18(13-16)19-11-10-17(15-23)14-20(19)21-9-6-12-22(21,2)3/h5,7-8,10-11,13-14,21,23H,4,6,9,12,15H2,1-3H3/t21-/m0/s1. The molecule has 0 radical (unpaired) electrons. The number of hydrogen-bond donors (Lipinski definition) is 1. The fourth-order valence-electron chi connectivity index (χ4n) is 4.12. The molecule has 1 saturated carbocycles. The van der Waals surface area contributed by atoms with Crippen LogP contribution in [0.3, 0.4) is 0 Å². The first-order valence-electron chi connectivity index (χ1n) is 8.88. The average molecular weight is 308 g/mol. The van der Waals surface area contributed by atoms with Gasteiger partial charge in [0.1, 0.15) is 0 Å². The second-order valence-electron chi connectivity index (χ2n) is 7.57. The lowest BCUT2D eigenvalue weighted by atomic mass is 9.75. The molecule has 1 heteroatoms. The number of aryl methyl sites for hydroxylation is 1. The molecule has 1 N–H and O–H groups in total. The van der Waals surface area contributed by atoms with Gasteiger partial charge in [-0.1, -0.05) is 69.7 Å². The lowest BCUT2D eigenvalue weighted by Crippen LogP contribution is -2.16. The molecular weight excluding hydrogens is 280 g/mol. The second kappa shape index (κ2) is 6.49. The van der Waals surface area contributed by atoms with E-state index in [0.29, 0.717) is 11.3 Å². The van der Waals surface area contributed by atoms with Crippen LogP contribution < -0.4 is 0 Å². The van der Waals surface area contributed by atoms with Crippen molar-refractivity contribution in [3.8, 4) is 11.1 Å². The minimum atomic E-state index is 0.120. The van der Waals surface area contributed by atoms with Gasteiger partial charge in [-0.15, -0.1) is 0 Å². The summed E-state index contributed by atoms with van der Waals surface area (Å²) in [5.41, 5.74) is 6.82. The van der Waals surface area contributed by atoms with E-state index < -0.39 is 0 Å². The predicted octanol–water partition coefficient (Wildman–Crippen LogP) is 5.70. The normalized spacial score (nSPS) is 19.9. The molecular formula is C22H28O. The summed E-state index contributed by atoms with van der Waals surface area (Å²) < 4.78 is 0. The Morgan fingerprint density at radius 2 is 1.91 bits per heavy atom. The maximum absolute atomic E-state index is 9.58. The minimum Gasteiger partial charge on any atom is -0.392 e. The van der Waals surface area contributed by atoms with Crippen molar-refractivity contribution in [2.75, 3.05) is 0 Å². The average Bonchev–Trinajstić information content (AvgIpc) is 2.93. The Bertz CT molecular complexity index is 684. The Kier molecular flexibility index (Phi) is 4.59. The fraction of sp³-hybridized carbons (Fsp3) is 0.455. The Balaban J connectivity index is 2.13. The summed E-state index contributed by atoms with van der Waals surface area (Å²) in [6, 6.07) is 15.4. The molecule has 23 heavy (non-hydrogen) atoms. The van der Waals surface area contributed by atoms with Crippen molar-refractivity contribution >= 4 is 0 Å². The van der Waals surface area contributed by atoms with Crippen molar-refractivity contribution in [3.63, 3.8) is 0 Å². The summed E-state index contributed by atoms with van der Waals surface area (Å²) in [4.78, 5) is 0. The number of benzene rings is 2. The zero-order chi connectivity index (χ0) is 16.4. The smallest absolute Gasteiger partial charge is 0.0681 e. The lowest BCUT2D eigenvalue weighted by molar-refractivity contribution is 0.281. The molecule has 1 aliphatic carbocycles. The van der Waals surface area contributed by atoms with E-state index in [9.17, 15) is 5.11 Å². The van der Waals surface area contributed by atoms with Gasteiger partial charge in [-0.3, -0.25) is 0 Å². The van der Waals surface area contributed by atoms with Crippen molar-refractivity contribution in [1.82, 2.24) is 0 Å². The molecule has 1 nitrogen and oxygen atoms in total. The van der Waals surface area contributed by atoms with E-state index in [2.05, 4.69) is 63.2 Å². The van der Waals surface area contributed by atoms with Gasteiger partial charge >= 0.3 is 0 Å². The number of aliphatic hydroxyl groups is 1. The summed E-state index contributed by atoms with van der Waals surface area (Å²) in [6.45, 7) is 7.11. The van der Waals surface area contributed by atoms with E-state index in [4.69, 9.17) is 0 Å². The fourth-order valence-corrected chi connectivity index (χ4v) is 4.12. The lowest BCUT2D eigenvalue weighted by Gasteiger charge is -2.29. The van der Waals surface area contributed by atoms with Gasteiger partial charge in [-0.05, 0) is 58.4 Å². The zero-order valence-corrected chi connectivity index (χ0v) is 14.6. The first kappa shape index (κ1) is 16.3. The van der Waals surface area contributed by atoms with Crippen LogP contribution in [0.2, 0.25) is 0 Å². The van der Waals surface area contributed by atoms with Crippen LogP contribution in [-0.2, 0) is 13.0 Å². The molecule has 0 unspecified atom stereocenters. The van der Waals surface area contributed by atoms with E-state index in [1.54, 1.807) is 0 Å². The van der Waals surface area contributed by atoms with Crippen molar-refractivity contribution in [2.45, 2.75) is 59.0 Å². The summed E-state index contributed by atoms with van der Waals surface area (Å²) in [6.07, 6.45) is 4.90. The molecule has 1 aliphatic rings. The molecule has 0 amide bonds. The topological polar surface area (TPSA) is 20.2 Å². The Morgan fingerprint density at radius 1 is 1.09 bits per heavy atom. The van der Waals surface area contributed by atoms with Crippen molar-refractivity contribution < 1.29 is 5.11 Å². The molecule has 0 heterocycles. The van der Waals surface area contributed by atoms with Crippen LogP contribution in [0.5, 0.6) is 0 Å². The SMILES string of the molecule is CCc1cccc(-c2ccc(CO)cc2[C@@H]2CCCC2(C)C)c1. The minimum absolute atomic E-state index is 0.120. The van der Waals surface area contributed by atoms with Crippen LogP contribution in [0.1, 0.15) is 62.6 Å². The highest BCUT2D eigenvalue weighted by molar-refractivity contribution is 5.69. The molecule has 2 aromatic rings. The third-order valence-corrected chi connectivity index (χ3v) is 5.58. The van der Waals surface area contributed by atoms with E-state index in [-0.39, 0.29) is 6.61 Å². The third-order valence-electron chi connectivity index (χ3n) is 5.58. The van der Waals surface area contributed by atoms with Gasteiger partial charge in [0.2, 0.25) is 0 Å². The van der Waals surface area contributed by atoms with Crippen LogP contribution in [-0.4, -0.2) is 5.11 Å².